The molecule has 0 radical (unpaired) electrons. The van der Waals surface area contributed by atoms with Crippen molar-refractivity contribution < 1.29 is 9.52 Å². The summed E-state index contributed by atoms with van der Waals surface area (Å²) in [5.74, 6) is 1.07. The Morgan fingerprint density at radius 1 is 1.31 bits per heavy atom. The average molecular weight is 174 g/mol. The Kier molecular flexibility index (Phi) is 1.81. The number of aromatic hydroxyl groups is 1. The topological polar surface area (TPSA) is 33.4 Å². The van der Waals surface area contributed by atoms with Crippen LogP contribution in [0.3, 0.4) is 0 Å². The molecule has 2 aromatic rings. The lowest BCUT2D eigenvalue weighted by atomic mass is 10.2. The Labute approximate surface area is 76.1 Å². The highest BCUT2D eigenvalue weighted by Gasteiger charge is 2.00. The third-order valence-electron chi connectivity index (χ3n) is 1.85. The summed E-state index contributed by atoms with van der Waals surface area (Å²) in [6.07, 6.45) is 3.80. The summed E-state index contributed by atoms with van der Waals surface area (Å²) < 4.78 is 5.47. The fourth-order valence-corrected chi connectivity index (χ4v) is 1.30. The van der Waals surface area contributed by atoms with E-state index in [1.165, 1.54) is 0 Å². The number of allylic oxidation sites excluding steroid dienone is 1. The summed E-state index contributed by atoms with van der Waals surface area (Å²) in [6, 6.07) is 6.96. The van der Waals surface area contributed by atoms with Crippen LogP contribution in [0.2, 0.25) is 0 Å². The number of phenols is 1. The van der Waals surface area contributed by atoms with Crippen LogP contribution >= 0.6 is 0 Å². The number of fused-ring (bicyclic) bond motifs is 1. The second-order valence-electron chi connectivity index (χ2n) is 2.87. The predicted octanol–water partition coefficient (Wildman–Crippen LogP) is 3.17. The van der Waals surface area contributed by atoms with Crippen molar-refractivity contribution in [1.29, 1.82) is 0 Å². The van der Waals surface area contributed by atoms with Crippen LogP contribution in [-0.2, 0) is 0 Å². The number of rotatable bonds is 1. The third-order valence-corrected chi connectivity index (χ3v) is 1.85. The molecular formula is C11H10O2. The largest absolute Gasteiger partial charge is 0.508 e. The smallest absolute Gasteiger partial charge is 0.135 e. The van der Waals surface area contributed by atoms with Crippen LogP contribution in [0.15, 0.2) is 34.8 Å². The lowest BCUT2D eigenvalue weighted by Gasteiger charge is -1.88. The van der Waals surface area contributed by atoms with E-state index in [9.17, 15) is 5.11 Å². The Morgan fingerprint density at radius 2 is 2.15 bits per heavy atom. The van der Waals surface area contributed by atoms with Crippen molar-refractivity contribution >= 4 is 17.0 Å². The fourth-order valence-electron chi connectivity index (χ4n) is 1.30. The van der Waals surface area contributed by atoms with Crippen LogP contribution in [0.25, 0.3) is 17.0 Å². The van der Waals surface area contributed by atoms with Gasteiger partial charge in [0, 0.05) is 5.39 Å². The van der Waals surface area contributed by atoms with Crippen LogP contribution in [0, 0.1) is 0 Å². The van der Waals surface area contributed by atoms with Gasteiger partial charge in [0.15, 0.2) is 0 Å². The van der Waals surface area contributed by atoms with Gasteiger partial charge in [0.1, 0.15) is 17.1 Å². The molecule has 0 fully saturated rings. The molecule has 0 aliphatic carbocycles. The van der Waals surface area contributed by atoms with E-state index in [-0.39, 0.29) is 5.75 Å². The molecule has 0 aliphatic heterocycles. The van der Waals surface area contributed by atoms with Gasteiger partial charge in [0.25, 0.3) is 0 Å². The molecule has 66 valence electrons. The molecular weight excluding hydrogens is 164 g/mol. The summed E-state index contributed by atoms with van der Waals surface area (Å²) in [7, 11) is 0. The van der Waals surface area contributed by atoms with E-state index in [1.807, 2.05) is 25.1 Å². The molecule has 0 saturated carbocycles. The summed E-state index contributed by atoms with van der Waals surface area (Å²) in [5, 5.41) is 10.1. The normalized spacial score (nSPS) is 11.5. The molecule has 1 N–H and O–H groups in total. The van der Waals surface area contributed by atoms with Gasteiger partial charge < -0.3 is 9.52 Å². The molecule has 0 bridgehead atoms. The number of hydrogen-bond acceptors (Lipinski definition) is 2. The van der Waals surface area contributed by atoms with Gasteiger partial charge in [0.05, 0.1) is 0 Å². The quantitative estimate of drug-likeness (QED) is 0.720. The van der Waals surface area contributed by atoms with Crippen LogP contribution in [0.5, 0.6) is 5.75 Å². The van der Waals surface area contributed by atoms with Gasteiger partial charge in [-0.05, 0) is 37.3 Å². The molecule has 0 atom stereocenters. The van der Waals surface area contributed by atoms with Crippen molar-refractivity contribution in [2.24, 2.45) is 0 Å². The second kappa shape index (κ2) is 2.98. The molecule has 0 unspecified atom stereocenters. The highest BCUT2D eigenvalue weighted by atomic mass is 16.3. The minimum absolute atomic E-state index is 0.264. The lowest BCUT2D eigenvalue weighted by molar-refractivity contribution is 0.476. The minimum Gasteiger partial charge on any atom is -0.508 e. The van der Waals surface area contributed by atoms with Gasteiger partial charge in [-0.15, -0.1) is 0 Å². The molecule has 0 saturated heterocycles. The van der Waals surface area contributed by atoms with Crippen LogP contribution in [0.1, 0.15) is 12.7 Å². The first-order chi connectivity index (χ1) is 6.29. The standard InChI is InChI=1S/C11H10O2/c1-2-3-10-7-8-6-9(12)4-5-11(8)13-10/h2-7,12H,1H3/b3-2+. The van der Waals surface area contributed by atoms with Crippen LogP contribution < -0.4 is 0 Å². The van der Waals surface area contributed by atoms with E-state index < -0.39 is 0 Å². The molecule has 0 amide bonds. The number of benzene rings is 1. The van der Waals surface area contributed by atoms with Crippen molar-refractivity contribution in [2.75, 3.05) is 0 Å². The van der Waals surface area contributed by atoms with Gasteiger partial charge >= 0.3 is 0 Å². The van der Waals surface area contributed by atoms with Crippen molar-refractivity contribution in [3.63, 3.8) is 0 Å². The first-order valence-electron chi connectivity index (χ1n) is 4.15. The van der Waals surface area contributed by atoms with E-state index >= 15 is 0 Å². The highest BCUT2D eigenvalue weighted by Crippen LogP contribution is 2.23. The SMILES string of the molecule is C/C=C/c1cc2cc(O)ccc2o1. The molecule has 1 heterocycles. The maximum absolute atomic E-state index is 9.21. The first-order valence-corrected chi connectivity index (χ1v) is 4.15. The number of phenolic OH excluding ortho intramolecular Hbond substituents is 1. The Bertz CT molecular complexity index is 452. The van der Waals surface area contributed by atoms with Crippen molar-refractivity contribution in [3.8, 4) is 5.75 Å². The molecule has 2 heteroatoms. The summed E-state index contributed by atoms with van der Waals surface area (Å²) in [4.78, 5) is 0. The summed E-state index contributed by atoms with van der Waals surface area (Å²) >= 11 is 0. The van der Waals surface area contributed by atoms with E-state index in [2.05, 4.69) is 0 Å². The Balaban J connectivity index is 2.62. The van der Waals surface area contributed by atoms with Crippen molar-refractivity contribution in [3.05, 3.63) is 36.1 Å². The fraction of sp³-hybridized carbons (Fsp3) is 0.0909. The molecule has 0 aliphatic rings. The Morgan fingerprint density at radius 3 is 2.92 bits per heavy atom. The van der Waals surface area contributed by atoms with Gasteiger partial charge in [-0.1, -0.05) is 6.08 Å². The van der Waals surface area contributed by atoms with E-state index in [0.717, 1.165) is 16.7 Å². The third kappa shape index (κ3) is 1.43. The minimum atomic E-state index is 0.264. The van der Waals surface area contributed by atoms with Crippen LogP contribution in [-0.4, -0.2) is 5.11 Å². The maximum Gasteiger partial charge on any atom is 0.135 e. The molecule has 2 rings (SSSR count). The van der Waals surface area contributed by atoms with E-state index in [1.54, 1.807) is 18.2 Å². The zero-order valence-electron chi connectivity index (χ0n) is 7.32. The van der Waals surface area contributed by atoms with Gasteiger partial charge in [0.2, 0.25) is 0 Å². The molecule has 1 aromatic heterocycles. The van der Waals surface area contributed by atoms with Gasteiger partial charge in [-0.25, -0.2) is 0 Å². The molecule has 0 spiro atoms. The molecule has 1 aromatic carbocycles. The van der Waals surface area contributed by atoms with E-state index in [4.69, 9.17) is 4.42 Å². The van der Waals surface area contributed by atoms with Gasteiger partial charge in [-0.3, -0.25) is 0 Å². The Hall–Kier alpha value is -1.70. The molecule has 2 nitrogen and oxygen atoms in total. The molecule has 13 heavy (non-hydrogen) atoms. The predicted molar refractivity (Wildman–Crippen MR) is 52.6 cm³/mol. The van der Waals surface area contributed by atoms with Crippen molar-refractivity contribution in [1.82, 2.24) is 0 Å². The summed E-state index contributed by atoms with van der Waals surface area (Å²) in [5.41, 5.74) is 0.797. The van der Waals surface area contributed by atoms with Crippen LogP contribution in [0.4, 0.5) is 0 Å². The summed E-state index contributed by atoms with van der Waals surface area (Å²) in [6.45, 7) is 1.94. The lowest BCUT2D eigenvalue weighted by Crippen LogP contribution is -1.62. The number of furan rings is 1. The first kappa shape index (κ1) is 7.92. The zero-order valence-corrected chi connectivity index (χ0v) is 7.32. The second-order valence-corrected chi connectivity index (χ2v) is 2.87. The number of hydrogen-bond donors (Lipinski definition) is 1. The monoisotopic (exact) mass is 174 g/mol. The average Bonchev–Trinajstić information content (AvgIpc) is 2.46. The zero-order chi connectivity index (χ0) is 9.26. The van der Waals surface area contributed by atoms with E-state index in [0.29, 0.717) is 0 Å². The van der Waals surface area contributed by atoms with Gasteiger partial charge in [-0.2, -0.15) is 0 Å². The van der Waals surface area contributed by atoms with Crippen molar-refractivity contribution in [2.45, 2.75) is 6.92 Å². The maximum atomic E-state index is 9.21. The highest BCUT2D eigenvalue weighted by molar-refractivity contribution is 5.81.